The normalized spacial score (nSPS) is 15.3. The molecule has 0 atom stereocenters. The number of anilines is 1. The van der Waals surface area contributed by atoms with Gasteiger partial charge in [-0.2, -0.15) is 4.98 Å². The molecule has 1 aromatic heterocycles. The van der Waals surface area contributed by atoms with Crippen molar-refractivity contribution in [3.8, 4) is 17.2 Å². The van der Waals surface area contributed by atoms with Crippen LogP contribution in [0.15, 0.2) is 62.9 Å². The van der Waals surface area contributed by atoms with Gasteiger partial charge in [0.15, 0.2) is 0 Å². The average molecular weight is 462 g/mol. The van der Waals surface area contributed by atoms with E-state index in [4.69, 9.17) is 20.8 Å². The van der Waals surface area contributed by atoms with Crippen molar-refractivity contribution in [1.82, 2.24) is 9.88 Å². The van der Waals surface area contributed by atoms with E-state index in [1.54, 1.807) is 12.1 Å². The summed E-state index contributed by atoms with van der Waals surface area (Å²) in [5, 5.41) is 0.386. The molecule has 1 fully saturated rings. The molecule has 0 amide bonds. The maximum Gasteiger partial charge on any atom is 0.236 e. The fourth-order valence-electron chi connectivity index (χ4n) is 3.39. The number of benzene rings is 2. The summed E-state index contributed by atoms with van der Waals surface area (Å²) in [6.07, 6.45) is 0. The molecule has 0 saturated carbocycles. The minimum absolute atomic E-state index is 0.0803. The lowest BCUT2D eigenvalue weighted by atomic mass is 10.2. The third-order valence-corrected chi connectivity index (χ3v) is 7.08. The molecule has 4 rings (SSSR count). The van der Waals surface area contributed by atoms with Crippen LogP contribution in [-0.4, -0.2) is 58.1 Å². The maximum absolute atomic E-state index is 13.4. The Morgan fingerprint density at radius 3 is 2.29 bits per heavy atom. The molecule has 1 aliphatic rings. The zero-order valence-corrected chi connectivity index (χ0v) is 19.0. The first-order valence-electron chi connectivity index (χ1n) is 10.1. The summed E-state index contributed by atoms with van der Waals surface area (Å²) < 4.78 is 38.4. The number of hydrogen-bond donors (Lipinski definition) is 0. The Labute approximate surface area is 187 Å². The molecule has 0 radical (unpaired) electrons. The Morgan fingerprint density at radius 2 is 1.68 bits per heavy atom. The van der Waals surface area contributed by atoms with Crippen molar-refractivity contribution in [3.05, 3.63) is 53.6 Å². The van der Waals surface area contributed by atoms with E-state index in [0.29, 0.717) is 30.3 Å². The van der Waals surface area contributed by atoms with Gasteiger partial charge >= 0.3 is 0 Å². The highest BCUT2D eigenvalue weighted by molar-refractivity contribution is 7.91. The summed E-state index contributed by atoms with van der Waals surface area (Å²) in [5.74, 6) is 1.25. The minimum Gasteiger partial charge on any atom is -0.494 e. The molecule has 0 aliphatic carbocycles. The fraction of sp³-hybridized carbons (Fsp3) is 0.318. The van der Waals surface area contributed by atoms with E-state index in [2.05, 4.69) is 9.88 Å². The van der Waals surface area contributed by atoms with Gasteiger partial charge in [-0.05, 0) is 62.5 Å². The first kappa shape index (κ1) is 21.7. The minimum atomic E-state index is -3.90. The van der Waals surface area contributed by atoms with Crippen molar-refractivity contribution in [2.24, 2.45) is 0 Å². The van der Waals surface area contributed by atoms with Crippen LogP contribution in [0, 0.1) is 0 Å². The van der Waals surface area contributed by atoms with Crippen molar-refractivity contribution >= 4 is 27.3 Å². The number of halogens is 1. The molecule has 0 bridgehead atoms. The van der Waals surface area contributed by atoms with Crippen LogP contribution in [0.5, 0.6) is 5.75 Å². The average Bonchev–Trinajstić information content (AvgIpc) is 3.22. The van der Waals surface area contributed by atoms with Crippen LogP contribution < -0.4 is 9.64 Å². The molecular formula is C22H24ClN3O4S. The van der Waals surface area contributed by atoms with Crippen LogP contribution in [0.1, 0.15) is 6.92 Å². The molecule has 9 heteroatoms. The Hall–Kier alpha value is -2.55. The van der Waals surface area contributed by atoms with Gasteiger partial charge in [0.05, 0.1) is 11.5 Å². The van der Waals surface area contributed by atoms with E-state index < -0.39 is 9.84 Å². The summed E-state index contributed by atoms with van der Waals surface area (Å²) in [7, 11) is -1.86. The van der Waals surface area contributed by atoms with E-state index in [1.165, 1.54) is 12.1 Å². The monoisotopic (exact) mass is 461 g/mol. The van der Waals surface area contributed by atoms with Crippen LogP contribution in [0.4, 0.5) is 5.88 Å². The number of nitrogens with zero attached hydrogens (tertiary/aromatic N) is 3. The lowest BCUT2D eigenvalue weighted by Gasteiger charge is -2.32. The number of likely N-dealkylation sites (N-methyl/N-ethyl adjacent to an activating group) is 1. The molecule has 1 saturated heterocycles. The van der Waals surface area contributed by atoms with E-state index in [-0.39, 0.29) is 21.7 Å². The largest absolute Gasteiger partial charge is 0.494 e. The highest BCUT2D eigenvalue weighted by atomic mass is 35.5. The van der Waals surface area contributed by atoms with Gasteiger partial charge in [-0.15, -0.1) is 0 Å². The van der Waals surface area contributed by atoms with Gasteiger partial charge in [0.25, 0.3) is 0 Å². The summed E-state index contributed by atoms with van der Waals surface area (Å²) in [6.45, 7) is 5.39. The Bertz CT molecular complexity index is 1140. The molecule has 0 spiro atoms. The fourth-order valence-corrected chi connectivity index (χ4v) is 4.84. The third-order valence-electron chi connectivity index (χ3n) is 5.16. The standard InChI is InChI=1S/C22H24ClN3O4S/c1-3-29-18-8-4-16(5-9-18)20-24-21(22(30-20)26-14-12-25(2)13-15-26)31(27,28)19-10-6-17(23)7-11-19/h4-11H,3,12-15H2,1-2H3. The summed E-state index contributed by atoms with van der Waals surface area (Å²) in [6, 6.07) is 13.3. The number of piperazine rings is 1. The summed E-state index contributed by atoms with van der Waals surface area (Å²) in [5.41, 5.74) is 0.677. The van der Waals surface area contributed by atoms with Crippen molar-refractivity contribution in [3.63, 3.8) is 0 Å². The van der Waals surface area contributed by atoms with Gasteiger partial charge in [-0.3, -0.25) is 0 Å². The van der Waals surface area contributed by atoms with Gasteiger partial charge in [-0.25, -0.2) is 8.42 Å². The predicted molar refractivity (Wildman–Crippen MR) is 120 cm³/mol. The Balaban J connectivity index is 1.77. The van der Waals surface area contributed by atoms with Gasteiger partial charge in [0, 0.05) is 36.8 Å². The van der Waals surface area contributed by atoms with Crippen LogP contribution in [-0.2, 0) is 9.84 Å². The molecule has 7 nitrogen and oxygen atoms in total. The van der Waals surface area contributed by atoms with E-state index in [1.807, 2.05) is 43.1 Å². The SMILES string of the molecule is CCOc1ccc(-c2nc(S(=O)(=O)c3ccc(Cl)cc3)c(N3CCN(C)CC3)o2)cc1. The number of aromatic nitrogens is 1. The number of rotatable bonds is 6. The third kappa shape index (κ3) is 4.56. The van der Waals surface area contributed by atoms with E-state index in [0.717, 1.165) is 18.8 Å². The number of sulfone groups is 1. The van der Waals surface area contributed by atoms with Crippen LogP contribution in [0.2, 0.25) is 5.02 Å². The van der Waals surface area contributed by atoms with Crippen molar-refractivity contribution in [2.75, 3.05) is 44.7 Å². The van der Waals surface area contributed by atoms with E-state index in [9.17, 15) is 8.42 Å². The van der Waals surface area contributed by atoms with Crippen LogP contribution in [0.25, 0.3) is 11.5 Å². The molecule has 0 unspecified atom stereocenters. The summed E-state index contributed by atoms with van der Waals surface area (Å²) in [4.78, 5) is 8.69. The zero-order chi connectivity index (χ0) is 22.0. The molecule has 2 aromatic carbocycles. The molecule has 164 valence electrons. The predicted octanol–water partition coefficient (Wildman–Crippen LogP) is 3.98. The molecular weight excluding hydrogens is 438 g/mol. The quantitative estimate of drug-likeness (QED) is 0.549. The van der Waals surface area contributed by atoms with Crippen molar-refractivity contribution in [1.29, 1.82) is 0 Å². The Morgan fingerprint density at radius 1 is 1.03 bits per heavy atom. The maximum atomic E-state index is 13.4. The van der Waals surface area contributed by atoms with Crippen molar-refractivity contribution in [2.45, 2.75) is 16.8 Å². The highest BCUT2D eigenvalue weighted by Gasteiger charge is 2.32. The van der Waals surface area contributed by atoms with Crippen LogP contribution in [0.3, 0.4) is 0 Å². The lowest BCUT2D eigenvalue weighted by Crippen LogP contribution is -2.44. The van der Waals surface area contributed by atoms with Gasteiger partial charge in [0.1, 0.15) is 5.75 Å². The van der Waals surface area contributed by atoms with Gasteiger partial charge in [-0.1, -0.05) is 11.6 Å². The second-order valence-corrected chi connectivity index (χ2v) is 9.64. The van der Waals surface area contributed by atoms with E-state index >= 15 is 0 Å². The van der Waals surface area contributed by atoms with Gasteiger partial charge in [0.2, 0.25) is 26.6 Å². The van der Waals surface area contributed by atoms with Gasteiger partial charge < -0.3 is 19.0 Å². The second-order valence-electron chi connectivity index (χ2n) is 7.33. The molecule has 2 heterocycles. The number of hydrogen-bond acceptors (Lipinski definition) is 7. The first-order chi connectivity index (χ1) is 14.9. The molecule has 31 heavy (non-hydrogen) atoms. The van der Waals surface area contributed by atoms with Crippen LogP contribution >= 0.6 is 11.6 Å². The Kier molecular flexibility index (Phi) is 6.22. The second kappa shape index (κ2) is 8.90. The lowest BCUT2D eigenvalue weighted by molar-refractivity contribution is 0.305. The highest BCUT2D eigenvalue weighted by Crippen LogP contribution is 2.35. The molecule has 3 aromatic rings. The van der Waals surface area contributed by atoms with Crippen molar-refractivity contribution < 1.29 is 17.6 Å². The number of oxazole rings is 1. The summed E-state index contributed by atoms with van der Waals surface area (Å²) >= 11 is 5.94. The number of ether oxygens (including phenoxy) is 1. The molecule has 0 N–H and O–H groups in total. The zero-order valence-electron chi connectivity index (χ0n) is 17.4. The smallest absolute Gasteiger partial charge is 0.236 e. The first-order valence-corrected chi connectivity index (χ1v) is 11.9. The topological polar surface area (TPSA) is 75.9 Å². The molecule has 1 aliphatic heterocycles.